The highest BCUT2D eigenvalue weighted by Gasteiger charge is 1.70. The number of carboxylic acid groups (broad SMARTS) is 1. The van der Waals surface area contributed by atoms with Gasteiger partial charge in [-0.2, -0.15) is 0 Å². The maximum Gasteiger partial charge on any atom is 0.290 e. The third-order valence-corrected chi connectivity index (χ3v) is 0.878. The standard InChI is InChI=1S/C7H8.CH2O2/c1-2-4-6-7-5-3-1;2-1-3/h1-6H,7H2;1H,(H,2,3). The predicted octanol–water partition coefficient (Wildman–Crippen LogP) is 1.76. The Bertz CT molecular complexity index is 141. The second-order valence-corrected chi connectivity index (χ2v) is 1.58. The number of rotatable bonds is 0. The van der Waals surface area contributed by atoms with Gasteiger partial charge in [0.25, 0.3) is 6.47 Å². The van der Waals surface area contributed by atoms with E-state index in [1.54, 1.807) is 0 Å². The van der Waals surface area contributed by atoms with Crippen LogP contribution in [0.15, 0.2) is 36.5 Å². The van der Waals surface area contributed by atoms with E-state index in [2.05, 4.69) is 24.3 Å². The zero-order valence-electron chi connectivity index (χ0n) is 5.60. The first-order valence-electron chi connectivity index (χ1n) is 2.98. The molecule has 0 fully saturated rings. The average molecular weight is 138 g/mol. The van der Waals surface area contributed by atoms with Crippen LogP contribution in [0.3, 0.4) is 0 Å². The van der Waals surface area contributed by atoms with Crippen LogP contribution in [-0.2, 0) is 4.79 Å². The molecule has 1 aliphatic carbocycles. The van der Waals surface area contributed by atoms with Gasteiger partial charge in [0.1, 0.15) is 0 Å². The number of allylic oxidation sites excluding steroid dienone is 6. The van der Waals surface area contributed by atoms with E-state index in [0.29, 0.717) is 0 Å². The summed E-state index contributed by atoms with van der Waals surface area (Å²) in [6.45, 7) is -0.250. The summed E-state index contributed by atoms with van der Waals surface area (Å²) in [5, 5.41) is 6.89. The topological polar surface area (TPSA) is 37.3 Å². The molecule has 54 valence electrons. The average Bonchev–Trinajstić information content (AvgIpc) is 2.17. The number of carbonyl (C=O) groups is 1. The summed E-state index contributed by atoms with van der Waals surface area (Å²) < 4.78 is 0. The zero-order chi connectivity index (χ0) is 7.66. The van der Waals surface area contributed by atoms with Crippen LogP contribution >= 0.6 is 0 Å². The summed E-state index contributed by atoms with van der Waals surface area (Å²) >= 11 is 0. The summed E-state index contributed by atoms with van der Waals surface area (Å²) in [6, 6.07) is 0. The van der Waals surface area contributed by atoms with Crippen molar-refractivity contribution in [2.24, 2.45) is 0 Å². The highest BCUT2D eigenvalue weighted by molar-refractivity contribution is 5.32. The maximum absolute atomic E-state index is 8.36. The summed E-state index contributed by atoms with van der Waals surface area (Å²) in [6.07, 6.45) is 13.5. The normalized spacial score (nSPS) is 13.2. The van der Waals surface area contributed by atoms with E-state index in [1.807, 2.05) is 12.2 Å². The van der Waals surface area contributed by atoms with Crippen molar-refractivity contribution < 1.29 is 9.90 Å². The molecular weight excluding hydrogens is 128 g/mol. The van der Waals surface area contributed by atoms with E-state index in [9.17, 15) is 0 Å². The van der Waals surface area contributed by atoms with Crippen LogP contribution in [0.4, 0.5) is 0 Å². The molecule has 0 radical (unpaired) electrons. The van der Waals surface area contributed by atoms with Crippen molar-refractivity contribution in [2.75, 3.05) is 0 Å². The second-order valence-electron chi connectivity index (χ2n) is 1.58. The Morgan fingerprint density at radius 1 is 1.10 bits per heavy atom. The smallest absolute Gasteiger partial charge is 0.290 e. The fraction of sp³-hybridized carbons (Fsp3) is 0.125. The number of hydrogen-bond donors (Lipinski definition) is 1. The molecule has 0 aliphatic heterocycles. The first kappa shape index (κ1) is 8.69. The Kier molecular flexibility index (Phi) is 6.68. The molecule has 1 rings (SSSR count). The Balaban J connectivity index is 0.000000236. The van der Waals surface area contributed by atoms with Crippen LogP contribution in [0.2, 0.25) is 0 Å². The fourth-order valence-electron chi connectivity index (χ4n) is 0.521. The van der Waals surface area contributed by atoms with E-state index >= 15 is 0 Å². The van der Waals surface area contributed by atoms with E-state index < -0.39 is 0 Å². The molecule has 1 N–H and O–H groups in total. The lowest BCUT2D eigenvalue weighted by Crippen LogP contribution is -1.49. The maximum atomic E-state index is 8.36. The van der Waals surface area contributed by atoms with Crippen LogP contribution < -0.4 is 0 Å². The van der Waals surface area contributed by atoms with Gasteiger partial charge in [-0.15, -0.1) is 0 Å². The van der Waals surface area contributed by atoms with Crippen molar-refractivity contribution in [3.63, 3.8) is 0 Å². The minimum Gasteiger partial charge on any atom is -0.483 e. The first-order chi connectivity index (χ1) is 4.91. The van der Waals surface area contributed by atoms with Crippen molar-refractivity contribution >= 4 is 6.47 Å². The molecule has 0 saturated carbocycles. The van der Waals surface area contributed by atoms with E-state index in [4.69, 9.17) is 9.90 Å². The zero-order valence-corrected chi connectivity index (χ0v) is 5.60. The Morgan fingerprint density at radius 3 is 1.90 bits per heavy atom. The third-order valence-electron chi connectivity index (χ3n) is 0.878. The van der Waals surface area contributed by atoms with Gasteiger partial charge in [0.05, 0.1) is 0 Å². The van der Waals surface area contributed by atoms with Crippen molar-refractivity contribution in [3.05, 3.63) is 36.5 Å². The lowest BCUT2D eigenvalue weighted by atomic mass is 10.4. The van der Waals surface area contributed by atoms with Gasteiger partial charge in [0.15, 0.2) is 0 Å². The van der Waals surface area contributed by atoms with Gasteiger partial charge in [-0.05, 0) is 6.42 Å². The largest absolute Gasteiger partial charge is 0.483 e. The van der Waals surface area contributed by atoms with Crippen LogP contribution in [-0.4, -0.2) is 11.6 Å². The predicted molar refractivity (Wildman–Crippen MR) is 40.7 cm³/mol. The van der Waals surface area contributed by atoms with Gasteiger partial charge in [-0.3, -0.25) is 4.79 Å². The quantitative estimate of drug-likeness (QED) is 0.518. The molecule has 0 unspecified atom stereocenters. The Hall–Kier alpha value is -1.31. The minimum absolute atomic E-state index is 0.250. The molecule has 0 amide bonds. The highest BCUT2D eigenvalue weighted by Crippen LogP contribution is 1.91. The lowest BCUT2D eigenvalue weighted by Gasteiger charge is -1.69. The van der Waals surface area contributed by atoms with Gasteiger partial charge in [0, 0.05) is 0 Å². The lowest BCUT2D eigenvalue weighted by molar-refractivity contribution is -0.122. The fourth-order valence-corrected chi connectivity index (χ4v) is 0.521. The van der Waals surface area contributed by atoms with E-state index in [-0.39, 0.29) is 6.47 Å². The summed E-state index contributed by atoms with van der Waals surface area (Å²) in [5.41, 5.74) is 0. The third kappa shape index (κ3) is 6.69. The van der Waals surface area contributed by atoms with Crippen molar-refractivity contribution in [2.45, 2.75) is 6.42 Å². The van der Waals surface area contributed by atoms with Crippen LogP contribution in [0.1, 0.15) is 6.42 Å². The molecule has 10 heavy (non-hydrogen) atoms. The van der Waals surface area contributed by atoms with Crippen LogP contribution in [0.5, 0.6) is 0 Å². The molecule has 0 aromatic rings. The Labute approximate surface area is 60.2 Å². The molecule has 0 saturated heterocycles. The molecule has 0 heterocycles. The molecule has 0 aromatic heterocycles. The minimum atomic E-state index is -0.250. The van der Waals surface area contributed by atoms with Gasteiger partial charge < -0.3 is 5.11 Å². The first-order valence-corrected chi connectivity index (χ1v) is 2.98. The monoisotopic (exact) mass is 138 g/mol. The summed E-state index contributed by atoms with van der Waals surface area (Å²) in [4.78, 5) is 8.36. The summed E-state index contributed by atoms with van der Waals surface area (Å²) in [5.74, 6) is 0. The van der Waals surface area contributed by atoms with Crippen molar-refractivity contribution in [3.8, 4) is 0 Å². The Morgan fingerprint density at radius 2 is 1.50 bits per heavy atom. The van der Waals surface area contributed by atoms with Gasteiger partial charge in [-0.25, -0.2) is 0 Å². The molecule has 1 aliphatic rings. The van der Waals surface area contributed by atoms with Crippen molar-refractivity contribution in [1.82, 2.24) is 0 Å². The van der Waals surface area contributed by atoms with Gasteiger partial charge >= 0.3 is 0 Å². The van der Waals surface area contributed by atoms with E-state index in [0.717, 1.165) is 6.42 Å². The molecule has 2 heteroatoms. The molecule has 0 spiro atoms. The second kappa shape index (κ2) is 7.69. The molecule has 0 bridgehead atoms. The van der Waals surface area contributed by atoms with Gasteiger partial charge in [0.2, 0.25) is 0 Å². The molecule has 0 aromatic carbocycles. The van der Waals surface area contributed by atoms with E-state index in [1.165, 1.54) is 0 Å². The summed E-state index contributed by atoms with van der Waals surface area (Å²) in [7, 11) is 0. The highest BCUT2D eigenvalue weighted by atomic mass is 16.3. The molecule has 2 nitrogen and oxygen atoms in total. The van der Waals surface area contributed by atoms with Crippen LogP contribution in [0.25, 0.3) is 0 Å². The van der Waals surface area contributed by atoms with Crippen molar-refractivity contribution in [1.29, 1.82) is 0 Å². The SMILES string of the molecule is C1=CC=CCC=C1.O=CO. The van der Waals surface area contributed by atoms with Gasteiger partial charge in [-0.1, -0.05) is 36.5 Å². The molecular formula is C8H10O2. The number of hydrogen-bond acceptors (Lipinski definition) is 1. The molecule has 0 atom stereocenters. The van der Waals surface area contributed by atoms with Crippen LogP contribution in [0, 0.1) is 0 Å².